The van der Waals surface area contributed by atoms with Crippen molar-refractivity contribution in [2.75, 3.05) is 19.0 Å². The molecule has 2 aromatic carbocycles. The third-order valence-electron chi connectivity index (χ3n) is 6.20. The third kappa shape index (κ3) is 7.73. The first-order chi connectivity index (χ1) is 19.5. The Kier molecular flexibility index (Phi) is 9.49. The first-order valence-corrected chi connectivity index (χ1v) is 15.6. The fourth-order valence-corrected chi connectivity index (χ4v) is 6.45. The van der Waals surface area contributed by atoms with Gasteiger partial charge in [-0.15, -0.1) is 0 Å². The summed E-state index contributed by atoms with van der Waals surface area (Å²) in [6.07, 6.45) is -0.523. The van der Waals surface area contributed by atoms with Crippen molar-refractivity contribution in [2.24, 2.45) is 5.11 Å². The maximum atomic E-state index is 13.7. The number of benzene rings is 2. The minimum absolute atomic E-state index is 0.0583. The zero-order chi connectivity index (χ0) is 29.6. The number of nitrogens with zero attached hydrogens (tertiary/aromatic N) is 4. The Morgan fingerprint density at radius 3 is 2.51 bits per heavy atom. The van der Waals surface area contributed by atoms with Crippen LogP contribution >= 0.6 is 7.82 Å². The predicted molar refractivity (Wildman–Crippen MR) is 147 cm³/mol. The molecule has 0 bridgehead atoms. The number of rotatable bonds is 12. The van der Waals surface area contributed by atoms with Crippen molar-refractivity contribution in [1.29, 1.82) is 0 Å². The van der Waals surface area contributed by atoms with E-state index in [0.29, 0.717) is 0 Å². The van der Waals surface area contributed by atoms with Gasteiger partial charge in [-0.05, 0) is 43.6 Å². The average molecular weight is 606 g/mol. The molecule has 0 amide bonds. The summed E-state index contributed by atoms with van der Waals surface area (Å²) < 4.78 is 62.6. The van der Waals surface area contributed by atoms with E-state index < -0.39 is 66.2 Å². The molecule has 0 aliphatic carbocycles. The first kappa shape index (κ1) is 30.3. The van der Waals surface area contributed by atoms with Crippen molar-refractivity contribution >= 4 is 17.7 Å². The zero-order valence-electron chi connectivity index (χ0n) is 22.2. The van der Waals surface area contributed by atoms with Crippen LogP contribution in [0.15, 0.2) is 80.4 Å². The van der Waals surface area contributed by atoms with E-state index >= 15 is 0 Å². The summed E-state index contributed by atoms with van der Waals surface area (Å²) in [5, 5.41) is 3.71. The van der Waals surface area contributed by atoms with Gasteiger partial charge in [0.25, 0.3) is 5.56 Å². The van der Waals surface area contributed by atoms with E-state index in [9.17, 15) is 22.6 Å². The number of aryl methyl sites for hydroxylation is 2. The second-order valence-electron chi connectivity index (χ2n) is 9.23. The van der Waals surface area contributed by atoms with Gasteiger partial charge in [-0.2, -0.15) is 0 Å². The van der Waals surface area contributed by atoms with Crippen molar-refractivity contribution < 1.29 is 31.3 Å². The fourth-order valence-electron chi connectivity index (χ4n) is 4.01. The summed E-state index contributed by atoms with van der Waals surface area (Å²) >= 11 is 0. The number of hydrogen-bond donors (Lipinski definition) is 1. The number of aromatic amines is 1. The SMILES string of the molecule is Cc1ccc(OP(=O)(OCCS(=O)(=O)c2ccccc2)OC[C@H]2O[C@@H](n3cc(C)c(=O)[nH]c3=O)CC2N=[N+]=[N-])cc1. The van der Waals surface area contributed by atoms with Crippen LogP contribution in [0.25, 0.3) is 10.4 Å². The smallest absolute Gasteiger partial charge is 0.404 e. The van der Waals surface area contributed by atoms with E-state index in [1.807, 2.05) is 6.92 Å². The number of H-pyrrole nitrogens is 1. The second-order valence-corrected chi connectivity index (χ2v) is 12.9. The molecule has 0 radical (unpaired) electrons. The highest BCUT2D eigenvalue weighted by Crippen LogP contribution is 2.50. The van der Waals surface area contributed by atoms with Crippen LogP contribution in [-0.4, -0.2) is 49.1 Å². The molecule has 1 aliphatic heterocycles. The van der Waals surface area contributed by atoms with E-state index in [0.717, 1.165) is 10.1 Å². The van der Waals surface area contributed by atoms with Crippen LogP contribution in [-0.2, 0) is 28.2 Å². The average Bonchev–Trinajstić information content (AvgIpc) is 3.34. The van der Waals surface area contributed by atoms with Crippen molar-refractivity contribution in [3.63, 3.8) is 0 Å². The number of azide groups is 1. The summed E-state index contributed by atoms with van der Waals surface area (Å²) in [4.78, 5) is 29.2. The lowest BCUT2D eigenvalue weighted by Crippen LogP contribution is -2.33. The molecule has 1 N–H and O–H groups in total. The Labute approximate surface area is 235 Å². The highest BCUT2D eigenvalue weighted by molar-refractivity contribution is 7.91. The molecule has 41 heavy (non-hydrogen) atoms. The number of phosphoric ester groups is 1. The molecule has 14 nitrogen and oxygen atoms in total. The minimum Gasteiger partial charge on any atom is -0.404 e. The van der Waals surface area contributed by atoms with Gasteiger partial charge in [0.15, 0.2) is 9.84 Å². The van der Waals surface area contributed by atoms with Crippen molar-refractivity contribution in [1.82, 2.24) is 9.55 Å². The number of ether oxygens (including phenoxy) is 1. The Balaban J connectivity index is 1.51. The zero-order valence-corrected chi connectivity index (χ0v) is 23.9. The van der Waals surface area contributed by atoms with Crippen LogP contribution in [0.2, 0.25) is 0 Å². The molecule has 0 saturated carbocycles. The molecule has 1 saturated heterocycles. The van der Waals surface area contributed by atoms with Gasteiger partial charge in [0.05, 0.1) is 36.0 Å². The third-order valence-corrected chi connectivity index (χ3v) is 9.29. The molecular weight excluding hydrogens is 577 g/mol. The maximum Gasteiger partial charge on any atom is 0.530 e. The van der Waals surface area contributed by atoms with Gasteiger partial charge in [-0.1, -0.05) is 41.0 Å². The highest BCUT2D eigenvalue weighted by Gasteiger charge is 2.39. The summed E-state index contributed by atoms with van der Waals surface area (Å²) in [7, 11) is -8.19. The standard InChI is InChI=1S/C25H28N5O9PS/c1-17-8-10-19(11-9-17)39-40(33,36-12-13-41(34,35)20-6-4-3-5-7-20)37-16-22-21(28-29-26)14-23(38-22)30-15-18(2)24(31)27-25(30)32/h3-11,15,21-23H,12-14,16H2,1-2H3,(H,27,31,32)/t21?,22-,23-,40?/m1/s1. The molecule has 1 fully saturated rings. The molecule has 3 aromatic rings. The van der Waals surface area contributed by atoms with Gasteiger partial charge >= 0.3 is 13.5 Å². The molecule has 0 spiro atoms. The van der Waals surface area contributed by atoms with Gasteiger partial charge in [-0.25, -0.2) is 17.8 Å². The van der Waals surface area contributed by atoms with Crippen molar-refractivity contribution in [3.05, 3.63) is 103 Å². The fraction of sp³-hybridized carbons (Fsp3) is 0.360. The highest BCUT2D eigenvalue weighted by atomic mass is 32.2. The maximum absolute atomic E-state index is 13.7. The number of sulfone groups is 1. The molecule has 1 aliphatic rings. The molecular formula is C25H28N5O9PS. The molecule has 2 heterocycles. The van der Waals surface area contributed by atoms with Gasteiger partial charge < -0.3 is 9.26 Å². The number of phosphoric acid groups is 1. The summed E-state index contributed by atoms with van der Waals surface area (Å²) in [6, 6.07) is 13.4. The van der Waals surface area contributed by atoms with Crippen molar-refractivity contribution in [3.8, 4) is 5.75 Å². The second kappa shape index (κ2) is 12.9. The molecule has 218 valence electrons. The molecule has 1 aromatic heterocycles. The van der Waals surface area contributed by atoms with Crippen LogP contribution in [0.4, 0.5) is 0 Å². The van der Waals surface area contributed by atoms with E-state index in [4.69, 9.17) is 23.8 Å². The van der Waals surface area contributed by atoms with Crippen LogP contribution in [0.1, 0.15) is 23.8 Å². The minimum atomic E-state index is -4.44. The monoisotopic (exact) mass is 605 g/mol. The van der Waals surface area contributed by atoms with E-state index in [1.165, 1.54) is 25.3 Å². The van der Waals surface area contributed by atoms with Crippen LogP contribution in [0.5, 0.6) is 5.75 Å². The Morgan fingerprint density at radius 2 is 1.83 bits per heavy atom. The lowest BCUT2D eigenvalue weighted by molar-refractivity contribution is -0.0277. The number of aromatic nitrogens is 2. The predicted octanol–water partition coefficient (Wildman–Crippen LogP) is 3.81. The van der Waals surface area contributed by atoms with E-state index in [-0.39, 0.29) is 22.6 Å². The van der Waals surface area contributed by atoms with Crippen LogP contribution < -0.4 is 15.8 Å². The van der Waals surface area contributed by atoms with Gasteiger partial charge in [0.2, 0.25) is 0 Å². The van der Waals surface area contributed by atoms with Crippen LogP contribution in [0.3, 0.4) is 0 Å². The van der Waals surface area contributed by atoms with Crippen LogP contribution in [0, 0.1) is 13.8 Å². The van der Waals surface area contributed by atoms with Crippen molar-refractivity contribution in [2.45, 2.75) is 43.5 Å². The summed E-state index contributed by atoms with van der Waals surface area (Å²) in [5.74, 6) is -0.351. The Hall–Kier alpha value is -3.71. The molecule has 4 rings (SSSR count). The molecule has 4 atom stereocenters. The van der Waals surface area contributed by atoms with Gasteiger partial charge in [0.1, 0.15) is 12.0 Å². The number of nitrogens with one attached hydrogen (secondary N) is 1. The topological polar surface area (TPSA) is 192 Å². The van der Waals surface area contributed by atoms with Gasteiger partial charge in [-0.3, -0.25) is 23.4 Å². The summed E-state index contributed by atoms with van der Waals surface area (Å²) in [5.41, 5.74) is 8.97. The molecule has 16 heteroatoms. The van der Waals surface area contributed by atoms with Gasteiger partial charge in [0, 0.05) is 23.1 Å². The summed E-state index contributed by atoms with van der Waals surface area (Å²) in [6.45, 7) is 2.40. The normalized spacial score (nSPS) is 20.2. The lowest BCUT2D eigenvalue weighted by atomic mass is 10.1. The number of hydrogen-bond acceptors (Lipinski definition) is 10. The Morgan fingerprint density at radius 1 is 1.12 bits per heavy atom. The first-order valence-electron chi connectivity index (χ1n) is 12.4. The van der Waals surface area contributed by atoms with E-state index in [1.54, 1.807) is 42.5 Å². The lowest BCUT2D eigenvalue weighted by Gasteiger charge is -2.22. The quantitative estimate of drug-likeness (QED) is 0.138. The largest absolute Gasteiger partial charge is 0.530 e. The molecule has 2 unspecified atom stereocenters. The Bertz CT molecular complexity index is 1690. The van der Waals surface area contributed by atoms with E-state index in [2.05, 4.69) is 15.0 Å².